The molecule has 0 aromatic heterocycles. The van der Waals surface area contributed by atoms with Crippen molar-refractivity contribution in [3.8, 4) is 11.1 Å². The molecule has 6 aromatic rings. The van der Waals surface area contributed by atoms with E-state index in [1.165, 1.54) is 77.3 Å². The predicted molar refractivity (Wildman–Crippen MR) is 222 cm³/mol. The van der Waals surface area contributed by atoms with Gasteiger partial charge in [0.15, 0.2) is 0 Å². The average molecular weight is 645 g/mol. The summed E-state index contributed by atoms with van der Waals surface area (Å²) in [6, 6.07) is 46.1. The fraction of sp³-hybridized carbons (Fsp3) is 0.0667. The Hall–Kier alpha value is -4.98. The molecule has 0 aliphatic carbocycles. The van der Waals surface area contributed by atoms with Gasteiger partial charge in [0.05, 0.1) is 0 Å². The molecule has 6 aromatic carbocycles. The predicted octanol–water partition coefficient (Wildman–Crippen LogP) is 7.86. The minimum Gasteiger partial charge on any atom is -0.0843 e. The summed E-state index contributed by atoms with van der Waals surface area (Å²) < 4.78 is 0. The molecule has 0 radical (unpaired) electrons. The molecule has 3 heterocycles. The van der Waals surface area contributed by atoms with Gasteiger partial charge in [-0.3, -0.25) is 0 Å². The molecule has 3 aliphatic heterocycles. The van der Waals surface area contributed by atoms with E-state index in [2.05, 4.69) is 172 Å². The minimum absolute atomic E-state index is 0.389. The lowest BCUT2D eigenvalue weighted by Crippen LogP contribution is -2.41. The SMILES string of the molecule is CB1c2ccccc2C=Cc2cc(-c3ccc4c(c3)C=Cc3ccccc3B4C)ccc21.CB1c2ccccc2C=Cc2cc(Cl)ccc21. The average Bonchev–Trinajstić information content (AvgIpc) is 3.45. The number of fused-ring (bicyclic) bond motifs is 6. The highest BCUT2D eigenvalue weighted by molar-refractivity contribution is 6.86. The van der Waals surface area contributed by atoms with Gasteiger partial charge in [-0.1, -0.05) is 204 Å². The quantitative estimate of drug-likeness (QED) is 0.160. The number of halogens is 1. The molecule has 9 rings (SSSR count). The molecule has 0 nitrogen and oxygen atoms in total. The molecule has 0 saturated carbocycles. The van der Waals surface area contributed by atoms with Crippen LogP contribution in [-0.2, 0) is 0 Å². The Bertz CT molecular complexity index is 2200. The Morgan fingerprint density at radius 3 is 1.04 bits per heavy atom. The Labute approximate surface area is 297 Å². The second-order valence-corrected chi connectivity index (χ2v) is 13.9. The van der Waals surface area contributed by atoms with Crippen molar-refractivity contribution in [3.63, 3.8) is 0 Å². The summed E-state index contributed by atoms with van der Waals surface area (Å²) >= 11 is 6.06. The number of hydrogen-bond donors (Lipinski definition) is 0. The van der Waals surface area contributed by atoms with Gasteiger partial charge >= 0.3 is 0 Å². The van der Waals surface area contributed by atoms with Crippen LogP contribution in [0, 0.1) is 0 Å². The van der Waals surface area contributed by atoms with Gasteiger partial charge in [-0.25, -0.2) is 0 Å². The van der Waals surface area contributed by atoms with Gasteiger partial charge in [0, 0.05) is 5.02 Å². The van der Waals surface area contributed by atoms with Crippen molar-refractivity contribution in [2.45, 2.75) is 20.5 Å². The van der Waals surface area contributed by atoms with E-state index < -0.39 is 0 Å². The normalized spacial score (nSPS) is 13.3. The maximum absolute atomic E-state index is 6.06. The van der Waals surface area contributed by atoms with Crippen molar-refractivity contribution in [2.75, 3.05) is 0 Å². The van der Waals surface area contributed by atoms with Gasteiger partial charge in [-0.2, -0.15) is 0 Å². The van der Waals surface area contributed by atoms with E-state index in [1.807, 2.05) is 12.1 Å². The molecule has 0 amide bonds. The van der Waals surface area contributed by atoms with Crippen molar-refractivity contribution < 1.29 is 0 Å². The standard InChI is InChI=1S/C30H24B2.C15H12BCl/c1-31-27-9-5-3-7-21(27)11-13-25-19-23(15-17-29(25)31)24-16-18-30-26(20-24)14-12-22-8-4-6-10-28(22)32(30)2;1-16-14-5-3-2-4-11(14)6-7-12-10-13(17)8-9-15(12)16/h3-20H,1-2H3;2-10H,1H3. The second-order valence-electron chi connectivity index (χ2n) is 13.5. The third-order valence-electron chi connectivity index (χ3n) is 10.7. The third kappa shape index (κ3) is 5.98. The lowest BCUT2D eigenvalue weighted by atomic mass is 9.41. The van der Waals surface area contributed by atoms with Crippen LogP contribution < -0.4 is 32.8 Å². The highest BCUT2D eigenvalue weighted by Gasteiger charge is 2.23. The van der Waals surface area contributed by atoms with Gasteiger partial charge in [0.25, 0.3) is 0 Å². The summed E-state index contributed by atoms with van der Waals surface area (Å²) in [7, 11) is 0. The second kappa shape index (κ2) is 13.1. The summed E-state index contributed by atoms with van der Waals surface area (Å²) in [5.41, 5.74) is 18.7. The summed E-state index contributed by atoms with van der Waals surface area (Å²) in [6.45, 7) is 8.07. The van der Waals surface area contributed by atoms with Crippen LogP contribution in [0.1, 0.15) is 33.4 Å². The smallest absolute Gasteiger partial charge is 0.0843 e. The fourth-order valence-electron chi connectivity index (χ4n) is 7.88. The summed E-state index contributed by atoms with van der Waals surface area (Å²) in [6.07, 6.45) is 13.4. The minimum atomic E-state index is 0.389. The van der Waals surface area contributed by atoms with Crippen molar-refractivity contribution in [1.82, 2.24) is 0 Å². The topological polar surface area (TPSA) is 0 Å². The lowest BCUT2D eigenvalue weighted by molar-refractivity contribution is 1.62. The lowest BCUT2D eigenvalue weighted by Gasteiger charge is -2.16. The zero-order valence-electron chi connectivity index (χ0n) is 28.2. The first-order valence-electron chi connectivity index (χ1n) is 17.3. The first kappa shape index (κ1) is 31.3. The maximum Gasteiger partial charge on any atom is 0.207 e. The van der Waals surface area contributed by atoms with Crippen molar-refractivity contribution in [3.05, 3.63) is 166 Å². The number of benzene rings is 6. The number of rotatable bonds is 1. The monoisotopic (exact) mass is 644 g/mol. The van der Waals surface area contributed by atoms with Crippen LogP contribution in [0.4, 0.5) is 0 Å². The van der Waals surface area contributed by atoms with E-state index in [0.29, 0.717) is 20.1 Å². The van der Waals surface area contributed by atoms with Crippen LogP contribution in [0.25, 0.3) is 47.6 Å². The Balaban J connectivity index is 0.000000172. The molecule has 0 N–H and O–H groups in total. The van der Waals surface area contributed by atoms with Gasteiger partial charge in [-0.15, -0.1) is 0 Å². The summed E-state index contributed by atoms with van der Waals surface area (Å²) in [4.78, 5) is 0. The van der Waals surface area contributed by atoms with Gasteiger partial charge < -0.3 is 0 Å². The molecule has 0 fully saturated rings. The van der Waals surface area contributed by atoms with Crippen LogP contribution in [0.2, 0.25) is 25.5 Å². The zero-order valence-corrected chi connectivity index (χ0v) is 29.0. The third-order valence-corrected chi connectivity index (χ3v) is 10.9. The van der Waals surface area contributed by atoms with E-state index in [-0.39, 0.29) is 0 Å². The van der Waals surface area contributed by atoms with Gasteiger partial charge in [0.1, 0.15) is 0 Å². The van der Waals surface area contributed by atoms with E-state index in [4.69, 9.17) is 11.6 Å². The van der Waals surface area contributed by atoms with E-state index >= 15 is 0 Å². The molecule has 232 valence electrons. The molecule has 0 saturated heterocycles. The molecule has 0 unspecified atom stereocenters. The van der Waals surface area contributed by atoms with Crippen LogP contribution in [-0.4, -0.2) is 20.1 Å². The molecule has 3 aliphatic rings. The highest BCUT2D eigenvalue weighted by atomic mass is 35.5. The fourth-order valence-corrected chi connectivity index (χ4v) is 8.06. The zero-order chi connectivity index (χ0) is 33.5. The molecular weight excluding hydrogens is 608 g/mol. The first-order chi connectivity index (χ1) is 23.9. The van der Waals surface area contributed by atoms with E-state index in [9.17, 15) is 0 Å². The van der Waals surface area contributed by atoms with Crippen molar-refractivity contribution >= 4 is 101 Å². The summed E-state index contributed by atoms with van der Waals surface area (Å²) in [5, 5.41) is 0.798. The molecule has 49 heavy (non-hydrogen) atoms. The van der Waals surface area contributed by atoms with Crippen LogP contribution >= 0.6 is 11.6 Å². The Morgan fingerprint density at radius 1 is 0.327 bits per heavy atom. The summed E-state index contributed by atoms with van der Waals surface area (Å²) in [5.74, 6) is 0. The maximum atomic E-state index is 6.06. The molecule has 4 heteroatoms. The number of hydrogen-bond acceptors (Lipinski definition) is 0. The molecular formula is C45H36B3Cl. The first-order valence-corrected chi connectivity index (χ1v) is 17.7. The van der Waals surface area contributed by atoms with E-state index in [1.54, 1.807) is 0 Å². The Morgan fingerprint density at radius 2 is 0.633 bits per heavy atom. The highest BCUT2D eigenvalue weighted by Crippen LogP contribution is 2.25. The Kier molecular flexibility index (Phi) is 8.40. The van der Waals surface area contributed by atoms with Gasteiger partial charge in [0.2, 0.25) is 20.1 Å². The van der Waals surface area contributed by atoms with Crippen molar-refractivity contribution in [1.29, 1.82) is 0 Å². The molecule has 0 spiro atoms. The van der Waals surface area contributed by atoms with Gasteiger partial charge in [-0.05, 0) is 68.8 Å². The van der Waals surface area contributed by atoms with E-state index in [0.717, 1.165) is 5.02 Å². The van der Waals surface area contributed by atoms with Crippen LogP contribution in [0.15, 0.2) is 127 Å². The molecule has 0 atom stereocenters. The van der Waals surface area contributed by atoms with Crippen LogP contribution in [0.3, 0.4) is 0 Å². The molecule has 0 bridgehead atoms. The van der Waals surface area contributed by atoms with Crippen molar-refractivity contribution in [2.24, 2.45) is 0 Å². The largest absolute Gasteiger partial charge is 0.207 e. The van der Waals surface area contributed by atoms with Crippen LogP contribution in [0.5, 0.6) is 0 Å².